The minimum absolute atomic E-state index is 0.108. The number of ether oxygens (including phenoxy) is 1. The maximum atomic E-state index is 12.3. The van der Waals surface area contributed by atoms with Gasteiger partial charge in [-0.05, 0) is 18.2 Å². The number of hydrogen-bond donors (Lipinski definition) is 0. The van der Waals surface area contributed by atoms with Crippen LogP contribution in [-0.2, 0) is 11.3 Å². The lowest BCUT2D eigenvalue weighted by atomic mass is 10.2. The minimum atomic E-state index is -0.509. The molecule has 2 aromatic heterocycles. The summed E-state index contributed by atoms with van der Waals surface area (Å²) in [4.78, 5) is 12.7. The van der Waals surface area contributed by atoms with Crippen molar-refractivity contribution >= 4 is 39.0 Å². The number of benzene rings is 2. The second-order valence-corrected chi connectivity index (χ2v) is 6.61. The third-order valence-corrected chi connectivity index (χ3v) is 5.19. The van der Waals surface area contributed by atoms with Crippen molar-refractivity contribution in [2.24, 2.45) is 0 Å². The van der Waals surface area contributed by atoms with Gasteiger partial charge in [0.1, 0.15) is 4.88 Å². The highest BCUT2D eigenvalue weighted by Crippen LogP contribution is 2.35. The van der Waals surface area contributed by atoms with Crippen molar-refractivity contribution in [1.29, 1.82) is 0 Å². The van der Waals surface area contributed by atoms with Crippen LogP contribution in [0.25, 0.3) is 21.5 Å². The van der Waals surface area contributed by atoms with Gasteiger partial charge in [-0.15, -0.1) is 21.5 Å². The molecule has 0 fully saturated rings. The van der Waals surface area contributed by atoms with Crippen molar-refractivity contribution in [2.75, 3.05) is 0 Å². The van der Waals surface area contributed by atoms with Crippen LogP contribution in [0.4, 0.5) is 0 Å². The Hall–Kier alpha value is -2.70. The van der Waals surface area contributed by atoms with E-state index in [2.05, 4.69) is 10.2 Å². The summed E-state index contributed by atoms with van der Waals surface area (Å²) < 4.78 is 11.7. The van der Waals surface area contributed by atoms with Gasteiger partial charge in [-0.25, -0.2) is 4.79 Å². The van der Waals surface area contributed by atoms with Crippen LogP contribution in [0.3, 0.4) is 0 Å². The molecule has 0 aliphatic heterocycles. The van der Waals surface area contributed by atoms with Crippen LogP contribution in [0.1, 0.15) is 15.6 Å². The Kier molecular flexibility index (Phi) is 4.21. The quantitative estimate of drug-likeness (QED) is 0.475. The first-order chi connectivity index (χ1) is 12.2. The molecule has 0 amide bonds. The molecule has 0 bridgehead atoms. The van der Waals surface area contributed by atoms with Crippen molar-refractivity contribution in [1.82, 2.24) is 10.2 Å². The van der Waals surface area contributed by atoms with E-state index in [1.165, 1.54) is 11.3 Å². The van der Waals surface area contributed by atoms with E-state index in [1.54, 1.807) is 0 Å². The molecule has 0 radical (unpaired) electrons. The minimum Gasteiger partial charge on any atom is -0.451 e. The van der Waals surface area contributed by atoms with E-state index in [9.17, 15) is 4.79 Å². The number of rotatable bonds is 4. The Bertz CT molecular complexity index is 1040. The lowest BCUT2D eigenvalue weighted by Gasteiger charge is -2.00. The summed E-state index contributed by atoms with van der Waals surface area (Å²) in [6.07, 6.45) is 0. The van der Waals surface area contributed by atoms with E-state index < -0.39 is 5.97 Å². The van der Waals surface area contributed by atoms with Gasteiger partial charge >= 0.3 is 5.97 Å². The van der Waals surface area contributed by atoms with Crippen molar-refractivity contribution in [3.63, 3.8) is 0 Å². The molecule has 0 atom stereocenters. The fourth-order valence-corrected chi connectivity index (χ4v) is 3.75. The number of nitrogens with zero attached hydrogens (tertiary/aromatic N) is 2. The lowest BCUT2D eigenvalue weighted by molar-refractivity contribution is 0.0445. The predicted octanol–water partition coefficient (Wildman–Crippen LogP) is 4.96. The summed E-state index contributed by atoms with van der Waals surface area (Å²) in [7, 11) is 0. The largest absolute Gasteiger partial charge is 0.451 e. The first kappa shape index (κ1) is 15.8. The van der Waals surface area contributed by atoms with Gasteiger partial charge < -0.3 is 9.15 Å². The molecule has 0 saturated heterocycles. The average Bonchev–Trinajstić information content (AvgIpc) is 3.26. The number of aromatic nitrogens is 2. The monoisotopic (exact) mass is 370 g/mol. The fraction of sp³-hybridized carbons (Fsp3) is 0.0556. The Morgan fingerprint density at radius 1 is 1.08 bits per heavy atom. The summed E-state index contributed by atoms with van der Waals surface area (Å²) in [6.45, 7) is -0.108. The summed E-state index contributed by atoms with van der Waals surface area (Å²) >= 11 is 7.57. The van der Waals surface area contributed by atoms with Crippen LogP contribution in [0, 0.1) is 0 Å². The summed E-state index contributed by atoms with van der Waals surface area (Å²) in [5.74, 6) is 0.0987. The van der Waals surface area contributed by atoms with Gasteiger partial charge in [0.2, 0.25) is 5.89 Å². The number of thiophene rings is 1. The second kappa shape index (κ2) is 6.66. The van der Waals surface area contributed by atoms with E-state index >= 15 is 0 Å². The molecule has 0 saturated carbocycles. The molecule has 0 aliphatic rings. The molecule has 4 rings (SSSR count). The van der Waals surface area contributed by atoms with Crippen molar-refractivity contribution in [3.8, 4) is 11.5 Å². The molecular weight excluding hydrogens is 360 g/mol. The molecule has 25 heavy (non-hydrogen) atoms. The SMILES string of the molecule is O=C(OCc1nnc(-c2ccccc2)o1)c1sc2ccccc2c1Cl. The van der Waals surface area contributed by atoms with E-state index in [-0.39, 0.29) is 12.5 Å². The smallest absolute Gasteiger partial charge is 0.350 e. The molecule has 124 valence electrons. The van der Waals surface area contributed by atoms with E-state index in [4.69, 9.17) is 20.8 Å². The van der Waals surface area contributed by atoms with Gasteiger partial charge in [0.15, 0.2) is 6.61 Å². The zero-order valence-corrected chi connectivity index (χ0v) is 14.4. The molecule has 0 unspecified atom stereocenters. The number of hydrogen-bond acceptors (Lipinski definition) is 6. The van der Waals surface area contributed by atoms with Gasteiger partial charge in [-0.1, -0.05) is 48.0 Å². The first-order valence-corrected chi connectivity index (χ1v) is 8.64. The van der Waals surface area contributed by atoms with Crippen LogP contribution in [0.2, 0.25) is 5.02 Å². The molecule has 2 aromatic carbocycles. The van der Waals surface area contributed by atoms with Crippen molar-refractivity contribution < 1.29 is 13.9 Å². The summed E-state index contributed by atoms with van der Waals surface area (Å²) in [5.41, 5.74) is 0.806. The molecular formula is C18H11ClN2O3S. The Balaban J connectivity index is 1.48. The van der Waals surface area contributed by atoms with Crippen LogP contribution in [0.15, 0.2) is 59.0 Å². The third kappa shape index (κ3) is 3.14. The van der Waals surface area contributed by atoms with Crippen LogP contribution in [-0.4, -0.2) is 16.2 Å². The second-order valence-electron chi connectivity index (χ2n) is 5.18. The van der Waals surface area contributed by atoms with E-state index in [0.717, 1.165) is 15.6 Å². The van der Waals surface area contributed by atoms with E-state index in [1.807, 2.05) is 54.6 Å². The highest BCUT2D eigenvalue weighted by Gasteiger charge is 2.19. The zero-order valence-electron chi connectivity index (χ0n) is 12.8. The molecule has 4 aromatic rings. The number of halogens is 1. The average molecular weight is 371 g/mol. The third-order valence-electron chi connectivity index (χ3n) is 3.53. The van der Waals surface area contributed by atoms with Crippen LogP contribution >= 0.6 is 22.9 Å². The molecule has 0 N–H and O–H groups in total. The van der Waals surface area contributed by atoms with E-state index in [0.29, 0.717) is 15.8 Å². The summed E-state index contributed by atoms with van der Waals surface area (Å²) in [5, 5.41) is 9.10. The maximum absolute atomic E-state index is 12.3. The van der Waals surface area contributed by atoms with Crippen molar-refractivity contribution in [3.05, 3.63) is 70.4 Å². The Morgan fingerprint density at radius 3 is 2.64 bits per heavy atom. The van der Waals surface area contributed by atoms with Crippen molar-refractivity contribution in [2.45, 2.75) is 6.61 Å². The van der Waals surface area contributed by atoms with Gasteiger partial charge in [-0.2, -0.15) is 0 Å². The molecule has 2 heterocycles. The predicted molar refractivity (Wildman–Crippen MR) is 95.7 cm³/mol. The first-order valence-electron chi connectivity index (χ1n) is 7.44. The normalized spacial score (nSPS) is 10.9. The number of fused-ring (bicyclic) bond motifs is 1. The topological polar surface area (TPSA) is 65.2 Å². The van der Waals surface area contributed by atoms with Crippen LogP contribution < -0.4 is 0 Å². The number of carbonyl (C=O) groups excluding carboxylic acids is 1. The maximum Gasteiger partial charge on any atom is 0.350 e. The zero-order chi connectivity index (χ0) is 17.2. The Labute approximate surface area is 151 Å². The molecule has 7 heteroatoms. The van der Waals surface area contributed by atoms with Gasteiger partial charge in [0.25, 0.3) is 5.89 Å². The van der Waals surface area contributed by atoms with Gasteiger partial charge in [-0.3, -0.25) is 0 Å². The number of esters is 1. The highest BCUT2D eigenvalue weighted by molar-refractivity contribution is 7.21. The van der Waals surface area contributed by atoms with Crippen LogP contribution in [0.5, 0.6) is 0 Å². The molecule has 5 nitrogen and oxygen atoms in total. The van der Waals surface area contributed by atoms with Gasteiger partial charge in [0, 0.05) is 15.6 Å². The fourth-order valence-electron chi connectivity index (χ4n) is 2.35. The Morgan fingerprint density at radius 2 is 1.84 bits per heavy atom. The highest BCUT2D eigenvalue weighted by atomic mass is 35.5. The summed E-state index contributed by atoms with van der Waals surface area (Å²) in [6, 6.07) is 16.9. The standard InChI is InChI=1S/C18H11ClN2O3S/c19-15-12-8-4-5-9-13(12)25-16(15)18(22)23-10-14-20-21-17(24-14)11-6-2-1-3-7-11/h1-9H,10H2. The molecule has 0 aliphatic carbocycles. The van der Waals surface area contributed by atoms with Gasteiger partial charge in [0.05, 0.1) is 5.02 Å². The molecule has 0 spiro atoms. The lowest BCUT2D eigenvalue weighted by Crippen LogP contribution is -2.04. The number of carbonyl (C=O) groups is 1.